The van der Waals surface area contributed by atoms with Crippen LogP contribution in [-0.2, 0) is 20.6 Å². The number of amides is 3. The van der Waals surface area contributed by atoms with E-state index in [-0.39, 0.29) is 11.4 Å². The van der Waals surface area contributed by atoms with Crippen molar-refractivity contribution in [3.05, 3.63) is 59.7 Å². The van der Waals surface area contributed by atoms with Crippen molar-refractivity contribution < 1.29 is 32.3 Å². The lowest BCUT2D eigenvalue weighted by molar-refractivity contribution is -0.139. The predicted molar refractivity (Wildman–Crippen MR) is 116 cm³/mol. The normalized spacial score (nSPS) is 11.2. The van der Waals surface area contributed by atoms with E-state index in [1.165, 1.54) is 24.4 Å². The number of para-hydroxylation sites is 2. The summed E-state index contributed by atoms with van der Waals surface area (Å²) in [7, 11) is 0. The molecule has 2 rings (SSSR count). The molecule has 0 unspecified atom stereocenters. The molecule has 0 heterocycles. The summed E-state index contributed by atoms with van der Waals surface area (Å²) in [5.74, 6) is -2.36. The lowest BCUT2D eigenvalue weighted by atomic mass is 10.1. The molecule has 0 aromatic heterocycles. The summed E-state index contributed by atoms with van der Waals surface area (Å²) in [6.45, 7) is 1.75. The van der Waals surface area contributed by atoms with Gasteiger partial charge in [-0.3, -0.25) is 14.4 Å². The standard InChI is InChI=1S/C22H23F3N4O4/c1-2-3-12-26-20(31)21(32)29-27-13-15-8-4-7-11-18(15)33-14-19(30)28-17-10-6-5-9-16(17)22(23,24)25/h4-11,13H,2-3,12,14H2,1H3,(H,26,31)(H,28,30)(H,29,32)/b27-13-. The van der Waals surface area contributed by atoms with Gasteiger partial charge in [0.2, 0.25) is 0 Å². The van der Waals surface area contributed by atoms with Crippen LogP contribution < -0.4 is 20.8 Å². The van der Waals surface area contributed by atoms with Crippen LogP contribution in [0.3, 0.4) is 0 Å². The van der Waals surface area contributed by atoms with Crippen molar-refractivity contribution in [2.24, 2.45) is 5.10 Å². The van der Waals surface area contributed by atoms with Crippen LogP contribution >= 0.6 is 0 Å². The number of hydrazone groups is 1. The maximum atomic E-state index is 13.1. The molecule has 0 aliphatic carbocycles. The molecule has 0 aliphatic heterocycles. The zero-order valence-corrected chi connectivity index (χ0v) is 17.7. The van der Waals surface area contributed by atoms with Crippen molar-refractivity contribution in [3.8, 4) is 5.75 Å². The second-order valence-electron chi connectivity index (χ2n) is 6.73. The maximum absolute atomic E-state index is 13.1. The smallest absolute Gasteiger partial charge is 0.418 e. The molecule has 0 spiro atoms. The molecule has 0 saturated carbocycles. The number of alkyl halides is 3. The highest BCUT2D eigenvalue weighted by molar-refractivity contribution is 6.35. The van der Waals surface area contributed by atoms with E-state index in [0.29, 0.717) is 12.1 Å². The predicted octanol–water partition coefficient (Wildman–Crippen LogP) is 3.09. The zero-order chi connectivity index (χ0) is 24.3. The Balaban J connectivity index is 1.94. The average molecular weight is 464 g/mol. The Hall–Kier alpha value is -3.89. The SMILES string of the molecule is CCCCNC(=O)C(=O)N/N=C\c1ccccc1OCC(=O)Nc1ccccc1C(F)(F)F. The fraction of sp³-hybridized carbons (Fsp3) is 0.273. The third kappa shape index (κ3) is 8.28. The lowest BCUT2D eigenvalue weighted by Gasteiger charge is -2.14. The Morgan fingerprint density at radius 1 is 1.03 bits per heavy atom. The molecule has 176 valence electrons. The number of nitrogens with zero attached hydrogens (tertiary/aromatic N) is 1. The van der Waals surface area contributed by atoms with Gasteiger partial charge in [0.15, 0.2) is 6.61 Å². The van der Waals surface area contributed by atoms with E-state index in [2.05, 4.69) is 21.2 Å². The molecule has 0 fully saturated rings. The van der Waals surface area contributed by atoms with Gasteiger partial charge in [0.05, 0.1) is 17.5 Å². The van der Waals surface area contributed by atoms with Crippen LogP contribution in [0.25, 0.3) is 0 Å². The number of rotatable bonds is 9. The quantitative estimate of drug-likeness (QED) is 0.229. The summed E-state index contributed by atoms with van der Waals surface area (Å²) in [6, 6.07) is 10.9. The second kappa shape index (κ2) is 12.2. The van der Waals surface area contributed by atoms with E-state index in [9.17, 15) is 27.6 Å². The fourth-order valence-electron chi connectivity index (χ4n) is 2.56. The second-order valence-corrected chi connectivity index (χ2v) is 6.73. The number of carbonyl (C=O) groups excluding carboxylic acids is 3. The van der Waals surface area contributed by atoms with Gasteiger partial charge < -0.3 is 15.4 Å². The van der Waals surface area contributed by atoms with Crippen molar-refractivity contribution in [2.45, 2.75) is 25.9 Å². The van der Waals surface area contributed by atoms with Crippen LogP contribution in [0.4, 0.5) is 18.9 Å². The Morgan fingerprint density at radius 3 is 2.45 bits per heavy atom. The van der Waals surface area contributed by atoms with Crippen LogP contribution in [0.2, 0.25) is 0 Å². The molecular formula is C22H23F3N4O4. The molecule has 0 atom stereocenters. The summed E-state index contributed by atoms with van der Waals surface area (Å²) in [5.41, 5.74) is 1.10. The minimum atomic E-state index is -4.62. The van der Waals surface area contributed by atoms with Gasteiger partial charge in [-0.05, 0) is 30.7 Å². The van der Waals surface area contributed by atoms with Gasteiger partial charge in [-0.15, -0.1) is 0 Å². The summed E-state index contributed by atoms with van der Waals surface area (Å²) >= 11 is 0. The Bertz CT molecular complexity index is 1010. The maximum Gasteiger partial charge on any atom is 0.418 e. The molecule has 2 aromatic rings. The molecule has 3 amide bonds. The first kappa shape index (κ1) is 25.4. The first-order chi connectivity index (χ1) is 15.7. The highest BCUT2D eigenvalue weighted by Gasteiger charge is 2.33. The third-order valence-electron chi connectivity index (χ3n) is 4.18. The number of unbranched alkanes of at least 4 members (excludes halogenated alkanes) is 1. The molecule has 33 heavy (non-hydrogen) atoms. The summed E-state index contributed by atoms with van der Waals surface area (Å²) in [4.78, 5) is 35.4. The molecule has 3 N–H and O–H groups in total. The summed E-state index contributed by atoms with van der Waals surface area (Å²) < 4.78 is 44.5. The first-order valence-electron chi connectivity index (χ1n) is 10.0. The van der Waals surface area contributed by atoms with E-state index in [1.807, 2.05) is 6.92 Å². The number of halogens is 3. The average Bonchev–Trinajstić information content (AvgIpc) is 2.78. The van der Waals surface area contributed by atoms with Crippen molar-refractivity contribution in [1.82, 2.24) is 10.7 Å². The van der Waals surface area contributed by atoms with E-state index in [4.69, 9.17) is 4.74 Å². The summed E-state index contributed by atoms with van der Waals surface area (Å²) in [5, 5.41) is 8.32. The molecule has 0 radical (unpaired) electrons. The van der Waals surface area contributed by atoms with E-state index >= 15 is 0 Å². The van der Waals surface area contributed by atoms with Crippen LogP contribution in [0.15, 0.2) is 53.6 Å². The molecule has 0 bridgehead atoms. The summed E-state index contributed by atoms with van der Waals surface area (Å²) in [6.07, 6.45) is -1.80. The number of carbonyl (C=O) groups is 3. The van der Waals surface area contributed by atoms with E-state index in [0.717, 1.165) is 25.0 Å². The number of hydrogen-bond acceptors (Lipinski definition) is 5. The Kier molecular flexibility index (Phi) is 9.40. The largest absolute Gasteiger partial charge is 0.483 e. The van der Waals surface area contributed by atoms with Gasteiger partial charge in [0.25, 0.3) is 5.91 Å². The minimum absolute atomic E-state index is 0.196. The zero-order valence-electron chi connectivity index (χ0n) is 17.7. The number of hydrogen-bond donors (Lipinski definition) is 3. The van der Waals surface area contributed by atoms with Gasteiger partial charge in [-0.25, -0.2) is 5.43 Å². The van der Waals surface area contributed by atoms with Crippen LogP contribution in [0, 0.1) is 0 Å². The molecule has 8 nitrogen and oxygen atoms in total. The number of ether oxygens (including phenoxy) is 1. The Labute approximate surface area is 188 Å². The van der Waals surface area contributed by atoms with Gasteiger partial charge in [0, 0.05) is 12.1 Å². The van der Waals surface area contributed by atoms with E-state index < -0.39 is 36.1 Å². The molecular weight excluding hydrogens is 441 g/mol. The van der Waals surface area contributed by atoms with Crippen LogP contribution in [0.5, 0.6) is 5.75 Å². The lowest BCUT2D eigenvalue weighted by Crippen LogP contribution is -2.38. The van der Waals surface area contributed by atoms with Gasteiger partial charge in [0.1, 0.15) is 5.75 Å². The van der Waals surface area contributed by atoms with E-state index in [1.54, 1.807) is 18.2 Å². The topological polar surface area (TPSA) is 109 Å². The van der Waals surface area contributed by atoms with Gasteiger partial charge in [-0.1, -0.05) is 37.6 Å². The van der Waals surface area contributed by atoms with Gasteiger partial charge in [-0.2, -0.15) is 18.3 Å². The fourth-order valence-corrected chi connectivity index (χ4v) is 2.56. The minimum Gasteiger partial charge on any atom is -0.483 e. The van der Waals surface area contributed by atoms with Crippen molar-refractivity contribution in [2.75, 3.05) is 18.5 Å². The van der Waals surface area contributed by atoms with Crippen molar-refractivity contribution in [3.63, 3.8) is 0 Å². The van der Waals surface area contributed by atoms with Crippen LogP contribution in [-0.4, -0.2) is 37.1 Å². The molecule has 0 aliphatic rings. The first-order valence-corrected chi connectivity index (χ1v) is 10.0. The molecule has 11 heteroatoms. The van der Waals surface area contributed by atoms with Crippen molar-refractivity contribution in [1.29, 1.82) is 0 Å². The van der Waals surface area contributed by atoms with Gasteiger partial charge >= 0.3 is 18.0 Å². The Morgan fingerprint density at radius 2 is 1.73 bits per heavy atom. The third-order valence-corrected chi connectivity index (χ3v) is 4.18. The number of nitrogens with one attached hydrogen (secondary N) is 3. The monoisotopic (exact) mass is 464 g/mol. The number of anilines is 1. The van der Waals surface area contributed by atoms with Crippen molar-refractivity contribution >= 4 is 29.6 Å². The molecule has 2 aromatic carbocycles. The highest BCUT2D eigenvalue weighted by Crippen LogP contribution is 2.34. The van der Waals surface area contributed by atoms with Crippen LogP contribution in [0.1, 0.15) is 30.9 Å². The highest BCUT2D eigenvalue weighted by atomic mass is 19.4. The molecule has 0 saturated heterocycles. The number of benzene rings is 2.